The van der Waals surface area contributed by atoms with E-state index in [0.29, 0.717) is 0 Å². The first kappa shape index (κ1) is 10.5. The van der Waals surface area contributed by atoms with Gasteiger partial charge in [-0.05, 0) is 12.1 Å². The maximum atomic E-state index is 12.5. The van der Waals surface area contributed by atoms with E-state index in [1.807, 2.05) is 5.32 Å². The molecule has 0 unspecified atom stereocenters. The zero-order chi connectivity index (χ0) is 10.6. The summed E-state index contributed by atoms with van der Waals surface area (Å²) in [6.45, 7) is -1.51. The second-order valence-electron chi connectivity index (χ2n) is 2.56. The molecule has 1 aromatic rings. The van der Waals surface area contributed by atoms with Gasteiger partial charge >= 0.3 is 5.92 Å². The molecule has 0 saturated carbocycles. The van der Waals surface area contributed by atoms with E-state index in [1.165, 1.54) is 24.5 Å². The van der Waals surface area contributed by atoms with Gasteiger partial charge in [0.05, 0.1) is 11.9 Å². The van der Waals surface area contributed by atoms with Gasteiger partial charge in [-0.3, -0.25) is 9.78 Å². The largest absolute Gasteiger partial charge is 0.390 e. The highest BCUT2D eigenvalue weighted by Crippen LogP contribution is 2.15. The van der Waals surface area contributed by atoms with Crippen molar-refractivity contribution in [3.63, 3.8) is 0 Å². The quantitative estimate of drug-likeness (QED) is 0.756. The third-order valence-corrected chi connectivity index (χ3v) is 1.45. The molecule has 0 aliphatic rings. The second-order valence-corrected chi connectivity index (χ2v) is 2.56. The van der Waals surface area contributed by atoms with Crippen molar-refractivity contribution in [1.29, 1.82) is 0 Å². The lowest BCUT2D eigenvalue weighted by Gasteiger charge is -2.12. The zero-order valence-electron chi connectivity index (χ0n) is 7.08. The van der Waals surface area contributed by atoms with E-state index < -0.39 is 18.4 Å². The van der Waals surface area contributed by atoms with E-state index >= 15 is 0 Å². The van der Waals surface area contributed by atoms with Crippen LogP contribution in [0, 0.1) is 0 Å². The molecule has 0 aliphatic heterocycles. The van der Waals surface area contributed by atoms with Crippen molar-refractivity contribution in [2.75, 3.05) is 11.9 Å². The Labute approximate surface area is 78.6 Å². The molecule has 4 nitrogen and oxygen atoms in total. The molecule has 76 valence electrons. The molecule has 0 fully saturated rings. The van der Waals surface area contributed by atoms with Gasteiger partial charge in [-0.2, -0.15) is 8.78 Å². The molecular formula is C8H8F2N2O2. The Hall–Kier alpha value is -1.56. The molecule has 1 rings (SSSR count). The summed E-state index contributed by atoms with van der Waals surface area (Å²) in [7, 11) is 0. The van der Waals surface area contributed by atoms with Crippen LogP contribution < -0.4 is 5.32 Å². The maximum Gasteiger partial charge on any atom is 0.347 e. The Balaban J connectivity index is 2.67. The van der Waals surface area contributed by atoms with E-state index in [1.54, 1.807) is 0 Å². The molecule has 0 radical (unpaired) electrons. The lowest BCUT2D eigenvalue weighted by atomic mass is 10.3. The molecule has 0 aromatic carbocycles. The van der Waals surface area contributed by atoms with Crippen molar-refractivity contribution in [2.24, 2.45) is 0 Å². The summed E-state index contributed by atoms with van der Waals surface area (Å²) >= 11 is 0. The van der Waals surface area contributed by atoms with Crippen molar-refractivity contribution in [2.45, 2.75) is 5.92 Å². The highest BCUT2D eigenvalue weighted by molar-refractivity contribution is 5.95. The fourth-order valence-electron chi connectivity index (χ4n) is 0.731. The SMILES string of the molecule is O=C(Nc1cccnc1)C(F)(F)CO. The van der Waals surface area contributed by atoms with Crippen LogP contribution in [-0.4, -0.2) is 28.5 Å². The van der Waals surface area contributed by atoms with Crippen LogP contribution in [0.4, 0.5) is 14.5 Å². The standard InChI is InChI=1S/C8H8F2N2O2/c9-8(10,5-13)7(14)12-6-2-1-3-11-4-6/h1-4,13H,5H2,(H,12,14). The van der Waals surface area contributed by atoms with Crippen LogP contribution in [0.1, 0.15) is 0 Å². The first-order chi connectivity index (χ1) is 6.56. The van der Waals surface area contributed by atoms with Gasteiger partial charge in [0.1, 0.15) is 6.61 Å². The highest BCUT2D eigenvalue weighted by atomic mass is 19.3. The van der Waals surface area contributed by atoms with Crippen molar-refractivity contribution >= 4 is 11.6 Å². The van der Waals surface area contributed by atoms with Crippen LogP contribution >= 0.6 is 0 Å². The second kappa shape index (κ2) is 4.10. The molecule has 2 N–H and O–H groups in total. The summed E-state index contributed by atoms with van der Waals surface area (Å²) in [6, 6.07) is 2.91. The number of carbonyl (C=O) groups excluding carboxylic acids is 1. The number of aromatic nitrogens is 1. The molecule has 0 atom stereocenters. The minimum Gasteiger partial charge on any atom is -0.390 e. The molecule has 6 heteroatoms. The van der Waals surface area contributed by atoms with Gasteiger partial charge in [-0.15, -0.1) is 0 Å². The number of amides is 1. The first-order valence-electron chi connectivity index (χ1n) is 3.76. The number of carbonyl (C=O) groups is 1. The molecule has 0 saturated heterocycles. The van der Waals surface area contributed by atoms with Gasteiger partial charge in [0.2, 0.25) is 0 Å². The van der Waals surface area contributed by atoms with Gasteiger partial charge in [-0.1, -0.05) is 0 Å². The number of halogens is 2. The minimum absolute atomic E-state index is 0.158. The van der Waals surface area contributed by atoms with Gasteiger partial charge in [0.15, 0.2) is 0 Å². The lowest BCUT2D eigenvalue weighted by Crippen LogP contribution is -2.37. The zero-order valence-corrected chi connectivity index (χ0v) is 7.08. The van der Waals surface area contributed by atoms with Crippen molar-refractivity contribution in [1.82, 2.24) is 4.98 Å². The number of rotatable bonds is 3. The molecule has 1 heterocycles. The van der Waals surface area contributed by atoms with E-state index in [2.05, 4.69) is 4.98 Å². The number of anilines is 1. The van der Waals surface area contributed by atoms with Crippen LogP contribution in [-0.2, 0) is 4.79 Å². The van der Waals surface area contributed by atoms with E-state index in [4.69, 9.17) is 5.11 Å². The molecule has 14 heavy (non-hydrogen) atoms. The molecule has 0 aliphatic carbocycles. The van der Waals surface area contributed by atoms with E-state index in [0.717, 1.165) is 0 Å². The predicted molar refractivity (Wildman–Crippen MR) is 44.9 cm³/mol. The summed E-state index contributed by atoms with van der Waals surface area (Å²) in [5, 5.41) is 10.1. The third-order valence-electron chi connectivity index (χ3n) is 1.45. The first-order valence-corrected chi connectivity index (χ1v) is 3.76. The molecule has 0 spiro atoms. The van der Waals surface area contributed by atoms with Gasteiger partial charge in [0, 0.05) is 6.20 Å². The van der Waals surface area contributed by atoms with Crippen LogP contribution in [0.25, 0.3) is 0 Å². The van der Waals surface area contributed by atoms with Gasteiger partial charge < -0.3 is 10.4 Å². The monoisotopic (exact) mass is 202 g/mol. The predicted octanol–water partition coefficient (Wildman–Crippen LogP) is 0.648. The smallest absolute Gasteiger partial charge is 0.347 e. The fraction of sp³-hybridized carbons (Fsp3) is 0.250. The number of pyridine rings is 1. The Morgan fingerprint density at radius 3 is 2.86 bits per heavy atom. The van der Waals surface area contributed by atoms with E-state index in [9.17, 15) is 13.6 Å². The summed E-state index contributed by atoms with van der Waals surface area (Å²) in [6.07, 6.45) is 2.67. The average Bonchev–Trinajstić information content (AvgIpc) is 2.19. The summed E-state index contributed by atoms with van der Waals surface area (Å²) in [5.41, 5.74) is 0.158. The topological polar surface area (TPSA) is 62.2 Å². The third kappa shape index (κ3) is 2.46. The fourth-order valence-corrected chi connectivity index (χ4v) is 0.731. The Morgan fingerprint density at radius 1 is 1.64 bits per heavy atom. The Bertz CT molecular complexity index is 316. The average molecular weight is 202 g/mol. The molecule has 1 aromatic heterocycles. The number of nitrogens with one attached hydrogen (secondary N) is 1. The van der Waals surface area contributed by atoms with Crippen LogP contribution in [0.3, 0.4) is 0 Å². The Morgan fingerprint density at radius 2 is 2.36 bits per heavy atom. The number of aliphatic hydroxyl groups excluding tert-OH is 1. The number of hydrogen-bond acceptors (Lipinski definition) is 3. The molecule has 0 bridgehead atoms. The summed E-state index contributed by atoms with van der Waals surface area (Å²) < 4.78 is 25.1. The Kier molecular flexibility index (Phi) is 3.08. The summed E-state index contributed by atoms with van der Waals surface area (Å²) in [4.78, 5) is 14.4. The lowest BCUT2D eigenvalue weighted by molar-refractivity contribution is -0.144. The van der Waals surface area contributed by atoms with Crippen molar-refractivity contribution in [3.05, 3.63) is 24.5 Å². The number of nitrogens with zero attached hydrogens (tertiary/aromatic N) is 1. The van der Waals surface area contributed by atoms with Crippen molar-refractivity contribution in [3.8, 4) is 0 Å². The number of hydrogen-bond donors (Lipinski definition) is 2. The van der Waals surface area contributed by atoms with Crippen LogP contribution in [0.2, 0.25) is 0 Å². The maximum absolute atomic E-state index is 12.5. The minimum atomic E-state index is -3.77. The number of aliphatic hydroxyl groups is 1. The molecule has 1 amide bonds. The highest BCUT2D eigenvalue weighted by Gasteiger charge is 2.37. The normalized spacial score (nSPS) is 11.1. The van der Waals surface area contributed by atoms with Crippen LogP contribution in [0.15, 0.2) is 24.5 Å². The number of alkyl halides is 2. The van der Waals surface area contributed by atoms with E-state index in [-0.39, 0.29) is 5.69 Å². The van der Waals surface area contributed by atoms with Crippen LogP contribution in [0.5, 0.6) is 0 Å². The molecular weight excluding hydrogens is 194 g/mol. The van der Waals surface area contributed by atoms with Crippen molar-refractivity contribution < 1.29 is 18.7 Å². The van der Waals surface area contributed by atoms with Gasteiger partial charge in [0.25, 0.3) is 5.91 Å². The van der Waals surface area contributed by atoms with Gasteiger partial charge in [-0.25, -0.2) is 0 Å². The summed E-state index contributed by atoms with van der Waals surface area (Å²) in [5.74, 6) is -5.32.